The van der Waals surface area contributed by atoms with Crippen molar-refractivity contribution < 1.29 is 19.1 Å². The van der Waals surface area contributed by atoms with E-state index in [4.69, 9.17) is 4.74 Å². The van der Waals surface area contributed by atoms with Crippen LogP contribution < -0.4 is 10.6 Å². The minimum atomic E-state index is -0.433. The number of rotatable bonds is 7. The van der Waals surface area contributed by atoms with Gasteiger partial charge in [-0.3, -0.25) is 14.4 Å². The maximum atomic E-state index is 12.2. The van der Waals surface area contributed by atoms with Crippen LogP contribution in [0.5, 0.6) is 0 Å². The topological polar surface area (TPSA) is 84.5 Å². The van der Waals surface area contributed by atoms with Crippen LogP contribution in [0.15, 0.2) is 0 Å². The van der Waals surface area contributed by atoms with Gasteiger partial charge in [0.25, 0.3) is 5.91 Å². The zero-order chi connectivity index (χ0) is 18.0. The highest BCUT2D eigenvalue weighted by molar-refractivity contribution is 5.86. The highest BCUT2D eigenvalue weighted by Crippen LogP contribution is 2.61. The van der Waals surface area contributed by atoms with Gasteiger partial charge in [-0.1, -0.05) is 0 Å². The summed E-state index contributed by atoms with van der Waals surface area (Å²) in [7, 11) is 0. The smallest absolute Gasteiger partial charge is 0.306 e. The molecule has 25 heavy (non-hydrogen) atoms. The first kappa shape index (κ1) is 18.2. The van der Waals surface area contributed by atoms with Crippen molar-refractivity contribution in [3.8, 4) is 0 Å². The summed E-state index contributed by atoms with van der Waals surface area (Å²) in [5, 5.41) is 5.16. The highest BCUT2D eigenvalue weighted by Gasteiger charge is 2.51. The maximum Gasteiger partial charge on any atom is 0.306 e. The van der Waals surface area contributed by atoms with Crippen LogP contribution in [0.25, 0.3) is 0 Å². The molecule has 0 unspecified atom stereocenters. The molecular weight excluding hydrogens is 320 g/mol. The fraction of sp³-hybridized carbons (Fsp3) is 0.842. The first-order chi connectivity index (χ1) is 11.8. The van der Waals surface area contributed by atoms with E-state index < -0.39 is 5.91 Å². The Morgan fingerprint density at radius 3 is 2.08 bits per heavy atom. The van der Waals surface area contributed by atoms with Crippen LogP contribution in [0.2, 0.25) is 0 Å². The zero-order valence-corrected chi connectivity index (χ0v) is 15.3. The van der Waals surface area contributed by atoms with Crippen molar-refractivity contribution in [2.75, 3.05) is 13.2 Å². The summed E-state index contributed by atoms with van der Waals surface area (Å²) in [6.07, 6.45) is 7.91. The quantitative estimate of drug-likeness (QED) is 0.686. The molecule has 0 aromatic carbocycles. The van der Waals surface area contributed by atoms with Crippen LogP contribution >= 0.6 is 0 Å². The van der Waals surface area contributed by atoms with Crippen LogP contribution in [0, 0.1) is 23.2 Å². The number of hydrogen-bond acceptors (Lipinski definition) is 4. The standard InChI is InChI=1S/C19H30N2O4/c1-12(2)21-16(22)10-20-17(23)11-25-18(24)9-19-6-13-3-14(7-19)5-15(4-13)8-19/h12-15H,3-11H2,1-2H3,(H,20,23)(H,21,22). The van der Waals surface area contributed by atoms with Crippen LogP contribution in [0.1, 0.15) is 58.8 Å². The summed E-state index contributed by atoms with van der Waals surface area (Å²) in [4.78, 5) is 35.4. The lowest BCUT2D eigenvalue weighted by atomic mass is 9.49. The average Bonchev–Trinajstić information content (AvgIpc) is 2.48. The third-order valence-electron chi connectivity index (χ3n) is 5.94. The van der Waals surface area contributed by atoms with Gasteiger partial charge >= 0.3 is 5.97 Å². The fourth-order valence-electron chi connectivity index (χ4n) is 5.61. The first-order valence-electron chi connectivity index (χ1n) is 9.55. The number of carbonyl (C=O) groups excluding carboxylic acids is 3. The minimum absolute atomic E-state index is 0.0301. The van der Waals surface area contributed by atoms with Gasteiger partial charge in [0.05, 0.1) is 13.0 Å². The fourth-order valence-corrected chi connectivity index (χ4v) is 5.61. The zero-order valence-electron chi connectivity index (χ0n) is 15.3. The number of carbonyl (C=O) groups is 3. The average molecular weight is 350 g/mol. The van der Waals surface area contributed by atoms with Crippen molar-refractivity contribution in [1.29, 1.82) is 0 Å². The van der Waals surface area contributed by atoms with Crippen molar-refractivity contribution in [3.05, 3.63) is 0 Å². The molecule has 0 aromatic heterocycles. The van der Waals surface area contributed by atoms with Crippen molar-refractivity contribution in [3.63, 3.8) is 0 Å². The number of hydrogen-bond donors (Lipinski definition) is 2. The first-order valence-corrected chi connectivity index (χ1v) is 9.55. The molecule has 0 aromatic rings. The van der Waals surface area contributed by atoms with Crippen LogP contribution in [-0.4, -0.2) is 37.0 Å². The molecular formula is C19H30N2O4. The number of ether oxygens (including phenoxy) is 1. The van der Waals surface area contributed by atoms with Gasteiger partial charge in [-0.05, 0) is 75.5 Å². The molecule has 0 saturated heterocycles. The van der Waals surface area contributed by atoms with E-state index in [1.807, 2.05) is 13.8 Å². The molecule has 0 heterocycles. The van der Waals surface area contributed by atoms with Gasteiger partial charge in [0.15, 0.2) is 6.61 Å². The van der Waals surface area contributed by atoms with Gasteiger partial charge < -0.3 is 15.4 Å². The molecule has 4 aliphatic carbocycles. The van der Waals surface area contributed by atoms with Crippen molar-refractivity contribution in [1.82, 2.24) is 10.6 Å². The second-order valence-electron chi connectivity index (χ2n) is 8.75. The van der Waals surface area contributed by atoms with Gasteiger partial charge in [0.1, 0.15) is 0 Å². The maximum absolute atomic E-state index is 12.2. The molecule has 2 N–H and O–H groups in total. The molecule has 0 atom stereocenters. The van der Waals surface area contributed by atoms with Crippen LogP contribution in [-0.2, 0) is 19.1 Å². The number of amides is 2. The lowest BCUT2D eigenvalue weighted by Gasteiger charge is -2.56. The van der Waals surface area contributed by atoms with Crippen molar-refractivity contribution >= 4 is 17.8 Å². The second-order valence-corrected chi connectivity index (χ2v) is 8.75. The summed E-state index contributed by atoms with van der Waals surface area (Å²) < 4.78 is 5.17. The Hall–Kier alpha value is -1.59. The summed E-state index contributed by atoms with van der Waals surface area (Å²) in [5.74, 6) is 1.43. The lowest BCUT2D eigenvalue weighted by Crippen LogP contribution is -2.47. The Balaban J connectivity index is 1.38. The Morgan fingerprint density at radius 1 is 1.00 bits per heavy atom. The van der Waals surface area contributed by atoms with Gasteiger partial charge in [0, 0.05) is 6.04 Å². The Morgan fingerprint density at radius 2 is 1.56 bits per heavy atom. The summed E-state index contributed by atoms with van der Waals surface area (Å²) in [5.41, 5.74) is 0.124. The Kier molecular flexibility index (Phi) is 5.35. The minimum Gasteiger partial charge on any atom is -0.456 e. The third-order valence-corrected chi connectivity index (χ3v) is 5.94. The Bertz CT molecular complexity index is 508. The van der Waals surface area contributed by atoms with E-state index in [1.165, 1.54) is 19.3 Å². The summed E-state index contributed by atoms with van der Waals surface area (Å²) in [6.45, 7) is 3.31. The summed E-state index contributed by atoms with van der Waals surface area (Å²) >= 11 is 0. The van der Waals surface area contributed by atoms with Crippen LogP contribution in [0.4, 0.5) is 0 Å². The van der Waals surface area contributed by atoms with Crippen molar-refractivity contribution in [2.24, 2.45) is 23.2 Å². The second kappa shape index (κ2) is 7.34. The van der Waals surface area contributed by atoms with E-state index in [9.17, 15) is 14.4 Å². The van der Waals surface area contributed by atoms with Gasteiger partial charge in [-0.2, -0.15) is 0 Å². The van der Waals surface area contributed by atoms with Gasteiger partial charge in [0.2, 0.25) is 5.91 Å². The largest absolute Gasteiger partial charge is 0.456 e. The molecule has 6 heteroatoms. The molecule has 4 rings (SSSR count). The molecule has 0 radical (unpaired) electrons. The third kappa shape index (κ3) is 4.73. The van der Waals surface area contributed by atoms with Gasteiger partial charge in [-0.25, -0.2) is 0 Å². The monoisotopic (exact) mass is 350 g/mol. The van der Waals surface area contributed by atoms with E-state index >= 15 is 0 Å². The molecule has 0 aliphatic heterocycles. The Labute approximate surface area is 149 Å². The van der Waals surface area contributed by atoms with E-state index in [0.717, 1.165) is 37.0 Å². The predicted molar refractivity (Wildman–Crippen MR) is 92.5 cm³/mol. The molecule has 4 bridgehead atoms. The normalized spacial score (nSPS) is 32.5. The SMILES string of the molecule is CC(C)NC(=O)CNC(=O)COC(=O)CC12CC3CC(CC(C3)C1)C2. The van der Waals surface area contributed by atoms with E-state index in [1.54, 1.807) is 0 Å². The van der Waals surface area contributed by atoms with Crippen LogP contribution in [0.3, 0.4) is 0 Å². The van der Waals surface area contributed by atoms with E-state index in [0.29, 0.717) is 6.42 Å². The van der Waals surface area contributed by atoms with Gasteiger partial charge in [-0.15, -0.1) is 0 Å². The molecule has 6 nitrogen and oxygen atoms in total. The van der Waals surface area contributed by atoms with E-state index in [2.05, 4.69) is 10.6 Å². The molecule has 2 amide bonds. The molecule has 140 valence electrons. The number of nitrogens with one attached hydrogen (secondary N) is 2. The molecule has 4 aliphatic rings. The lowest BCUT2D eigenvalue weighted by molar-refractivity contribution is -0.155. The molecule has 0 spiro atoms. The highest BCUT2D eigenvalue weighted by atomic mass is 16.5. The van der Waals surface area contributed by atoms with E-state index in [-0.39, 0.29) is 36.5 Å². The predicted octanol–water partition coefficient (Wildman–Crippen LogP) is 1.78. The molecule has 4 saturated carbocycles. The molecule has 4 fully saturated rings. The number of esters is 1. The van der Waals surface area contributed by atoms with Crippen molar-refractivity contribution in [2.45, 2.75) is 64.8 Å². The summed E-state index contributed by atoms with van der Waals surface area (Å²) in [6, 6.07) is 0.0301.